The predicted octanol–water partition coefficient (Wildman–Crippen LogP) is 3.05. The Morgan fingerprint density at radius 1 is 1.04 bits per heavy atom. The summed E-state index contributed by atoms with van der Waals surface area (Å²) in [5.41, 5.74) is -0.840. The predicted molar refractivity (Wildman–Crippen MR) is 78.1 cm³/mol. The Kier molecular flexibility index (Phi) is 4.90. The lowest BCUT2D eigenvalue weighted by Crippen LogP contribution is -2.27. The topological polar surface area (TPSA) is 89.3 Å². The first kappa shape index (κ1) is 17.9. The van der Waals surface area contributed by atoms with Crippen molar-refractivity contribution in [3.05, 3.63) is 69.5 Å². The van der Waals surface area contributed by atoms with Gasteiger partial charge in [0.1, 0.15) is 0 Å². The fourth-order valence-electron chi connectivity index (χ4n) is 1.95. The second-order valence-corrected chi connectivity index (χ2v) is 6.60. The van der Waals surface area contributed by atoms with Gasteiger partial charge in [-0.05, 0) is 36.8 Å². The number of nitro benzene ring substituents is 1. The molecule has 0 amide bonds. The second-order valence-electron chi connectivity index (χ2n) is 4.89. The van der Waals surface area contributed by atoms with Gasteiger partial charge < -0.3 is 0 Å². The van der Waals surface area contributed by atoms with Crippen LogP contribution in [0.3, 0.4) is 0 Å². The summed E-state index contributed by atoms with van der Waals surface area (Å²) in [6.45, 7) is 1.38. The van der Waals surface area contributed by atoms with Crippen molar-refractivity contribution in [2.75, 3.05) is 0 Å². The van der Waals surface area contributed by atoms with Crippen molar-refractivity contribution in [3.63, 3.8) is 0 Å². The van der Waals surface area contributed by atoms with Crippen molar-refractivity contribution in [3.8, 4) is 0 Å². The van der Waals surface area contributed by atoms with E-state index in [9.17, 15) is 31.7 Å². The highest BCUT2D eigenvalue weighted by atomic mass is 32.2. The molecule has 1 atom stereocenters. The molecular weight excluding hydrogens is 349 g/mol. The Hall–Kier alpha value is -2.46. The van der Waals surface area contributed by atoms with E-state index >= 15 is 0 Å². The summed E-state index contributed by atoms with van der Waals surface area (Å²) in [6, 6.07) is 4.02. The summed E-state index contributed by atoms with van der Waals surface area (Å²) in [5.74, 6) is -3.40. The molecule has 2 aromatic rings. The number of benzene rings is 2. The summed E-state index contributed by atoms with van der Waals surface area (Å²) >= 11 is 0. The Labute approximate surface area is 135 Å². The third-order valence-electron chi connectivity index (χ3n) is 3.20. The minimum atomic E-state index is -4.24. The molecule has 0 fully saturated rings. The van der Waals surface area contributed by atoms with Gasteiger partial charge in [0, 0.05) is 12.1 Å². The fourth-order valence-corrected chi connectivity index (χ4v) is 3.20. The van der Waals surface area contributed by atoms with E-state index in [1.807, 2.05) is 0 Å². The van der Waals surface area contributed by atoms with Gasteiger partial charge in [-0.2, -0.15) is 4.39 Å². The summed E-state index contributed by atoms with van der Waals surface area (Å²) < 4.78 is 66.0. The summed E-state index contributed by atoms with van der Waals surface area (Å²) in [5, 5.41) is 10.7. The molecule has 10 heteroatoms. The number of hydrogen-bond donors (Lipinski definition) is 1. The van der Waals surface area contributed by atoms with Crippen LogP contribution in [0.2, 0.25) is 0 Å². The zero-order chi connectivity index (χ0) is 18.1. The number of hydrogen-bond acceptors (Lipinski definition) is 4. The van der Waals surface area contributed by atoms with Gasteiger partial charge in [-0.3, -0.25) is 10.1 Å². The first-order chi connectivity index (χ1) is 11.1. The van der Waals surface area contributed by atoms with Crippen LogP contribution in [0.4, 0.5) is 18.9 Å². The number of nitro groups is 1. The van der Waals surface area contributed by atoms with Gasteiger partial charge in [-0.25, -0.2) is 21.9 Å². The Balaban J connectivity index is 2.32. The molecule has 24 heavy (non-hydrogen) atoms. The molecular formula is C14H11F3N2O4S. The van der Waals surface area contributed by atoms with Crippen LogP contribution in [0.1, 0.15) is 18.5 Å². The molecule has 0 bridgehead atoms. The van der Waals surface area contributed by atoms with Crippen LogP contribution in [0.15, 0.2) is 41.3 Å². The van der Waals surface area contributed by atoms with Crippen molar-refractivity contribution in [1.82, 2.24) is 4.72 Å². The summed E-state index contributed by atoms with van der Waals surface area (Å²) in [6.07, 6.45) is 0. The molecule has 0 spiro atoms. The van der Waals surface area contributed by atoms with Crippen LogP contribution >= 0.6 is 0 Å². The van der Waals surface area contributed by atoms with E-state index in [1.165, 1.54) is 13.0 Å². The number of nitrogens with zero attached hydrogens (tertiary/aromatic N) is 1. The van der Waals surface area contributed by atoms with Crippen LogP contribution in [0.5, 0.6) is 0 Å². The van der Waals surface area contributed by atoms with Crippen molar-refractivity contribution in [1.29, 1.82) is 0 Å². The molecule has 6 nitrogen and oxygen atoms in total. The molecule has 0 saturated carbocycles. The van der Waals surface area contributed by atoms with E-state index in [4.69, 9.17) is 0 Å². The molecule has 0 aromatic heterocycles. The van der Waals surface area contributed by atoms with E-state index < -0.39 is 49.0 Å². The number of rotatable bonds is 5. The number of halogens is 3. The standard InChI is InChI=1S/C14H11F3N2O4S/c1-8(9-2-4-11(15)13(17)6-9)18-24(22,23)10-3-5-12(16)14(7-10)19(20)21/h2-8,18H,1H3/t8-/m0/s1. The first-order valence-corrected chi connectivity index (χ1v) is 8.01. The average Bonchev–Trinajstić information content (AvgIpc) is 2.49. The molecule has 0 radical (unpaired) electrons. The van der Waals surface area contributed by atoms with E-state index in [2.05, 4.69) is 4.72 Å². The maximum absolute atomic E-state index is 13.3. The van der Waals surface area contributed by atoms with Crippen LogP contribution in [-0.4, -0.2) is 13.3 Å². The van der Waals surface area contributed by atoms with Crippen molar-refractivity contribution >= 4 is 15.7 Å². The van der Waals surface area contributed by atoms with E-state index in [0.29, 0.717) is 12.1 Å². The van der Waals surface area contributed by atoms with Gasteiger partial charge in [0.25, 0.3) is 0 Å². The minimum Gasteiger partial charge on any atom is -0.258 e. The van der Waals surface area contributed by atoms with Gasteiger partial charge in [-0.1, -0.05) is 6.07 Å². The molecule has 0 aliphatic rings. The zero-order valence-corrected chi connectivity index (χ0v) is 13.0. The molecule has 128 valence electrons. The second kappa shape index (κ2) is 6.57. The van der Waals surface area contributed by atoms with Gasteiger partial charge in [0.05, 0.1) is 9.82 Å². The molecule has 0 heterocycles. The van der Waals surface area contributed by atoms with E-state index in [-0.39, 0.29) is 5.56 Å². The molecule has 0 aliphatic carbocycles. The van der Waals surface area contributed by atoms with E-state index in [0.717, 1.165) is 18.2 Å². The Morgan fingerprint density at radius 3 is 2.25 bits per heavy atom. The highest BCUT2D eigenvalue weighted by molar-refractivity contribution is 7.89. The normalized spacial score (nSPS) is 12.8. The Morgan fingerprint density at radius 2 is 1.67 bits per heavy atom. The highest BCUT2D eigenvalue weighted by Crippen LogP contribution is 2.23. The third-order valence-corrected chi connectivity index (χ3v) is 4.74. The molecule has 2 aromatic carbocycles. The Bertz CT molecular complexity index is 903. The molecule has 0 saturated heterocycles. The van der Waals surface area contributed by atoms with Crippen LogP contribution < -0.4 is 4.72 Å². The zero-order valence-electron chi connectivity index (χ0n) is 12.2. The smallest absolute Gasteiger partial charge is 0.258 e. The van der Waals surface area contributed by atoms with Crippen LogP contribution in [0, 0.1) is 27.6 Å². The average molecular weight is 360 g/mol. The molecule has 2 rings (SSSR count). The van der Waals surface area contributed by atoms with Crippen molar-refractivity contribution in [2.24, 2.45) is 0 Å². The number of sulfonamides is 1. The van der Waals surface area contributed by atoms with Gasteiger partial charge >= 0.3 is 5.69 Å². The lowest BCUT2D eigenvalue weighted by molar-refractivity contribution is -0.387. The lowest BCUT2D eigenvalue weighted by atomic mass is 10.1. The first-order valence-electron chi connectivity index (χ1n) is 6.53. The third kappa shape index (κ3) is 3.71. The monoisotopic (exact) mass is 360 g/mol. The fraction of sp³-hybridized carbons (Fsp3) is 0.143. The SMILES string of the molecule is C[C@H](NS(=O)(=O)c1ccc(F)c([N+](=O)[O-])c1)c1ccc(F)c(F)c1. The van der Waals surface area contributed by atoms with Gasteiger partial charge in [0.15, 0.2) is 11.6 Å². The molecule has 0 unspecified atom stereocenters. The minimum absolute atomic E-state index is 0.147. The largest absolute Gasteiger partial charge is 0.306 e. The lowest BCUT2D eigenvalue weighted by Gasteiger charge is -2.15. The summed E-state index contributed by atoms with van der Waals surface area (Å²) in [4.78, 5) is 9.12. The maximum atomic E-state index is 13.3. The maximum Gasteiger partial charge on any atom is 0.306 e. The van der Waals surface area contributed by atoms with E-state index in [1.54, 1.807) is 0 Å². The molecule has 0 aliphatic heterocycles. The summed E-state index contributed by atoms with van der Waals surface area (Å²) in [7, 11) is -4.24. The van der Waals surface area contributed by atoms with Crippen LogP contribution in [-0.2, 0) is 10.0 Å². The highest BCUT2D eigenvalue weighted by Gasteiger charge is 2.23. The van der Waals surface area contributed by atoms with Gasteiger partial charge in [-0.15, -0.1) is 0 Å². The van der Waals surface area contributed by atoms with Crippen LogP contribution in [0.25, 0.3) is 0 Å². The quantitative estimate of drug-likeness (QED) is 0.656. The molecule has 1 N–H and O–H groups in total. The van der Waals surface area contributed by atoms with Gasteiger partial charge in [0.2, 0.25) is 15.8 Å². The van der Waals surface area contributed by atoms with Crippen molar-refractivity contribution < 1.29 is 26.5 Å². The number of nitrogens with one attached hydrogen (secondary N) is 1. The van der Waals surface area contributed by atoms with Crippen molar-refractivity contribution in [2.45, 2.75) is 17.9 Å².